The van der Waals surface area contributed by atoms with Gasteiger partial charge in [-0.1, -0.05) is 36.4 Å². The van der Waals surface area contributed by atoms with Crippen LogP contribution >= 0.6 is 0 Å². The van der Waals surface area contributed by atoms with Gasteiger partial charge in [0.25, 0.3) is 0 Å². The molecule has 2 aromatic heterocycles. The molecule has 0 amide bonds. The number of ether oxygens (including phenoxy) is 1. The van der Waals surface area contributed by atoms with Crippen molar-refractivity contribution in [2.75, 3.05) is 19.7 Å². The van der Waals surface area contributed by atoms with Gasteiger partial charge in [0, 0.05) is 23.2 Å². The summed E-state index contributed by atoms with van der Waals surface area (Å²) in [7, 11) is 0. The van der Waals surface area contributed by atoms with Crippen LogP contribution in [0.15, 0.2) is 71.7 Å². The Morgan fingerprint density at radius 1 is 1.00 bits per heavy atom. The molecular formula is C28H30N4O3. The van der Waals surface area contributed by atoms with Crippen molar-refractivity contribution in [1.29, 1.82) is 0 Å². The summed E-state index contributed by atoms with van der Waals surface area (Å²) in [5.41, 5.74) is 12.7. The predicted octanol–water partition coefficient (Wildman–Crippen LogP) is 4.40. The summed E-state index contributed by atoms with van der Waals surface area (Å²) in [5.74, 6) is 0.996. The van der Waals surface area contributed by atoms with Gasteiger partial charge in [0.15, 0.2) is 0 Å². The summed E-state index contributed by atoms with van der Waals surface area (Å²) >= 11 is 0. The second-order valence-electron chi connectivity index (χ2n) is 8.85. The van der Waals surface area contributed by atoms with Crippen molar-refractivity contribution in [1.82, 2.24) is 15.3 Å². The van der Waals surface area contributed by atoms with E-state index in [0.29, 0.717) is 30.6 Å². The molecule has 4 N–H and O–H groups in total. The number of furan rings is 1. The Kier molecular flexibility index (Phi) is 7.18. The van der Waals surface area contributed by atoms with Crippen LogP contribution in [0.4, 0.5) is 0 Å². The Morgan fingerprint density at radius 3 is 2.51 bits per heavy atom. The number of hydrogen-bond donors (Lipinski definition) is 3. The molecular weight excluding hydrogens is 440 g/mol. The lowest BCUT2D eigenvalue weighted by Gasteiger charge is -2.22. The average Bonchev–Trinajstić information content (AvgIpc) is 3.47. The summed E-state index contributed by atoms with van der Waals surface area (Å²) in [6.07, 6.45) is 7.20. The fourth-order valence-corrected chi connectivity index (χ4v) is 4.46. The van der Waals surface area contributed by atoms with Gasteiger partial charge in [0.2, 0.25) is 5.88 Å². The molecule has 3 heterocycles. The molecule has 0 radical (unpaired) electrons. The predicted molar refractivity (Wildman–Crippen MR) is 136 cm³/mol. The molecule has 7 nitrogen and oxygen atoms in total. The molecule has 5 rings (SSSR count). The minimum atomic E-state index is -0.131. The van der Waals surface area contributed by atoms with Crippen LogP contribution < -0.4 is 15.8 Å². The van der Waals surface area contributed by atoms with Gasteiger partial charge in [-0.3, -0.25) is 0 Å². The van der Waals surface area contributed by atoms with Crippen molar-refractivity contribution in [2.24, 2.45) is 11.7 Å². The molecule has 1 saturated heterocycles. The molecule has 7 heteroatoms. The second-order valence-corrected chi connectivity index (χ2v) is 8.85. The number of nitrogens with one attached hydrogen (secondary N) is 1. The lowest BCUT2D eigenvalue weighted by molar-refractivity contribution is 0.208. The van der Waals surface area contributed by atoms with Crippen LogP contribution in [0.2, 0.25) is 0 Å². The fraction of sp³-hybridized carbons (Fsp3) is 0.286. The Balaban J connectivity index is 1.54. The van der Waals surface area contributed by atoms with Crippen LogP contribution in [0.3, 0.4) is 0 Å². The average molecular weight is 471 g/mol. The molecule has 1 aliphatic heterocycles. The third-order valence-corrected chi connectivity index (χ3v) is 6.52. The second kappa shape index (κ2) is 10.8. The van der Waals surface area contributed by atoms with Gasteiger partial charge in [-0.05, 0) is 60.7 Å². The Hall–Kier alpha value is -3.52. The zero-order valence-electron chi connectivity index (χ0n) is 19.6. The highest BCUT2D eigenvalue weighted by Gasteiger charge is 2.19. The van der Waals surface area contributed by atoms with Gasteiger partial charge in [-0.2, -0.15) is 0 Å². The minimum Gasteiger partial charge on any atom is -0.476 e. The summed E-state index contributed by atoms with van der Waals surface area (Å²) in [6.45, 7) is 3.00. The lowest BCUT2D eigenvalue weighted by atomic mass is 9.96. The summed E-state index contributed by atoms with van der Waals surface area (Å²) < 4.78 is 11.3. The molecule has 4 aromatic rings. The van der Waals surface area contributed by atoms with E-state index >= 15 is 0 Å². The van der Waals surface area contributed by atoms with Gasteiger partial charge in [-0.15, -0.1) is 0 Å². The zero-order chi connectivity index (χ0) is 24.0. The Morgan fingerprint density at radius 2 is 1.80 bits per heavy atom. The number of aromatic nitrogens is 2. The Labute approximate surface area is 205 Å². The molecule has 1 fully saturated rings. The van der Waals surface area contributed by atoms with E-state index in [2.05, 4.69) is 5.32 Å². The van der Waals surface area contributed by atoms with E-state index in [4.69, 9.17) is 24.9 Å². The first kappa shape index (κ1) is 23.2. The van der Waals surface area contributed by atoms with E-state index in [-0.39, 0.29) is 6.61 Å². The molecule has 0 spiro atoms. The normalized spacial score (nSPS) is 14.2. The van der Waals surface area contributed by atoms with Crippen molar-refractivity contribution in [3.63, 3.8) is 0 Å². The Bertz CT molecular complexity index is 1250. The number of nitrogens with zero attached hydrogens (tertiary/aromatic N) is 2. The molecule has 0 atom stereocenters. The van der Waals surface area contributed by atoms with E-state index in [1.165, 1.54) is 0 Å². The number of piperidine rings is 1. The number of hydrogen-bond acceptors (Lipinski definition) is 7. The van der Waals surface area contributed by atoms with Crippen molar-refractivity contribution in [3.05, 3.63) is 78.4 Å². The summed E-state index contributed by atoms with van der Waals surface area (Å²) in [4.78, 5) is 9.66. The molecule has 180 valence electrons. The van der Waals surface area contributed by atoms with E-state index in [0.717, 1.165) is 65.0 Å². The zero-order valence-corrected chi connectivity index (χ0v) is 19.6. The minimum absolute atomic E-state index is 0.131. The number of aliphatic hydroxyl groups excluding tert-OH is 1. The summed E-state index contributed by atoms with van der Waals surface area (Å²) in [6, 6.07) is 15.8. The first-order valence-corrected chi connectivity index (χ1v) is 12.0. The standard InChI is InChI=1S/C28H30N4O3/c29-14-19-1-3-21(4-2-19)27-28(32-26(15-31-27)35-17-20-7-10-30-11-8-20)25-6-5-22(13-24(25)16-33)23-9-12-34-18-23/h1-6,9,12-13,15,18,20,30,33H,7-8,10-11,14,16-17,29H2. The topological polar surface area (TPSA) is 106 Å². The monoisotopic (exact) mass is 470 g/mol. The number of benzene rings is 2. The van der Waals surface area contributed by atoms with Crippen molar-refractivity contribution < 1.29 is 14.3 Å². The van der Waals surface area contributed by atoms with Crippen LogP contribution in [0, 0.1) is 5.92 Å². The number of rotatable bonds is 8. The highest BCUT2D eigenvalue weighted by molar-refractivity contribution is 5.81. The SMILES string of the molecule is NCc1ccc(-c2ncc(OCC3CCNCC3)nc2-c2ccc(-c3ccoc3)cc2CO)cc1. The molecule has 2 aromatic carbocycles. The highest BCUT2D eigenvalue weighted by Crippen LogP contribution is 2.35. The van der Waals surface area contributed by atoms with Crippen molar-refractivity contribution >= 4 is 0 Å². The first-order valence-electron chi connectivity index (χ1n) is 12.0. The third kappa shape index (κ3) is 5.27. The fourth-order valence-electron chi connectivity index (χ4n) is 4.46. The maximum atomic E-state index is 10.3. The molecule has 0 bridgehead atoms. The molecule has 0 aliphatic carbocycles. The van der Waals surface area contributed by atoms with Gasteiger partial charge in [0.05, 0.1) is 37.6 Å². The van der Waals surface area contributed by atoms with Gasteiger partial charge in [-0.25, -0.2) is 9.97 Å². The smallest absolute Gasteiger partial charge is 0.232 e. The van der Waals surface area contributed by atoms with E-state index < -0.39 is 0 Å². The number of nitrogens with two attached hydrogens (primary N) is 1. The maximum Gasteiger partial charge on any atom is 0.232 e. The van der Waals surface area contributed by atoms with E-state index in [1.807, 2.05) is 48.5 Å². The largest absolute Gasteiger partial charge is 0.476 e. The maximum absolute atomic E-state index is 10.3. The molecule has 35 heavy (non-hydrogen) atoms. The quantitative estimate of drug-likeness (QED) is 0.350. The number of aliphatic hydroxyl groups is 1. The van der Waals surface area contributed by atoms with Gasteiger partial charge < -0.3 is 25.3 Å². The lowest BCUT2D eigenvalue weighted by Crippen LogP contribution is -2.30. The molecule has 0 unspecified atom stereocenters. The van der Waals surface area contributed by atoms with Crippen LogP contribution in [0.25, 0.3) is 33.6 Å². The van der Waals surface area contributed by atoms with Gasteiger partial charge >= 0.3 is 0 Å². The van der Waals surface area contributed by atoms with Crippen LogP contribution in [0.5, 0.6) is 5.88 Å². The summed E-state index contributed by atoms with van der Waals surface area (Å²) in [5, 5.41) is 13.6. The van der Waals surface area contributed by atoms with Crippen LogP contribution in [-0.4, -0.2) is 34.8 Å². The molecule has 1 aliphatic rings. The third-order valence-electron chi connectivity index (χ3n) is 6.52. The molecule has 0 saturated carbocycles. The highest BCUT2D eigenvalue weighted by atomic mass is 16.5. The van der Waals surface area contributed by atoms with Crippen LogP contribution in [-0.2, 0) is 13.2 Å². The first-order chi connectivity index (χ1) is 17.2. The van der Waals surface area contributed by atoms with Crippen molar-refractivity contribution in [2.45, 2.75) is 26.0 Å². The van der Waals surface area contributed by atoms with E-state index in [1.54, 1.807) is 18.7 Å². The van der Waals surface area contributed by atoms with Crippen LogP contribution in [0.1, 0.15) is 24.0 Å². The van der Waals surface area contributed by atoms with Gasteiger partial charge in [0.1, 0.15) is 5.69 Å². The van der Waals surface area contributed by atoms with E-state index in [9.17, 15) is 5.11 Å². The van der Waals surface area contributed by atoms with Crippen molar-refractivity contribution in [3.8, 4) is 39.5 Å².